The van der Waals surface area contributed by atoms with Crippen LogP contribution in [-0.4, -0.2) is 15.2 Å². The molecule has 0 bridgehead atoms. The molecule has 0 heterocycles. The van der Waals surface area contributed by atoms with Gasteiger partial charge in [0.2, 0.25) is 11.4 Å². The van der Waals surface area contributed by atoms with Crippen molar-refractivity contribution < 1.29 is 15.2 Å². The highest BCUT2D eigenvalue weighted by Crippen LogP contribution is 2.34. The molecule has 0 amide bonds. The fraction of sp³-hybridized carbons (Fsp3) is 0. The molecule has 1 aromatic carbocycles. The predicted octanol–water partition coefficient (Wildman–Crippen LogP) is 1.37. The van der Waals surface area contributed by atoms with Gasteiger partial charge in [-0.2, -0.15) is 0 Å². The van der Waals surface area contributed by atoms with Gasteiger partial charge in [-0.15, -0.1) is 0 Å². The van der Waals surface area contributed by atoms with Crippen molar-refractivity contribution in [3.05, 3.63) is 28.3 Å². The lowest BCUT2D eigenvalue weighted by molar-refractivity contribution is -0.493. The van der Waals surface area contributed by atoms with Gasteiger partial charge in [-0.3, -0.25) is 0 Å². The zero-order valence-electron chi connectivity index (χ0n) is 6.28. The van der Waals surface area contributed by atoms with Gasteiger partial charge in [-0.05, 0) is 12.1 Å². The Hall–Kier alpha value is -2.18. The molecular weight excluding hydrogens is 178 g/mol. The maximum absolute atomic E-state index is 9.77. The Kier molecular flexibility index (Phi) is 2.38. The highest BCUT2D eigenvalue weighted by Gasteiger charge is 2.09. The summed E-state index contributed by atoms with van der Waals surface area (Å²) in [6.45, 7) is 0. The molecule has 0 atom stereocenters. The van der Waals surface area contributed by atoms with Gasteiger partial charge in [0.1, 0.15) is 0 Å². The van der Waals surface area contributed by atoms with Crippen LogP contribution >= 0.6 is 0 Å². The fourth-order valence-electron chi connectivity index (χ4n) is 0.685. The van der Waals surface area contributed by atoms with Crippen molar-refractivity contribution in [2.45, 2.75) is 0 Å². The lowest BCUT2D eigenvalue weighted by atomic mass is 10.3. The lowest BCUT2D eigenvalue weighted by Crippen LogP contribution is -1.80. The number of rotatable bonds is 2. The summed E-state index contributed by atoms with van der Waals surface area (Å²) in [5, 5.41) is 32.4. The van der Waals surface area contributed by atoms with E-state index in [4.69, 9.17) is 10.2 Å². The predicted molar refractivity (Wildman–Crippen MR) is 41.3 cm³/mol. The topological polar surface area (TPSA) is 108 Å². The monoisotopic (exact) mass is 183 g/mol. The number of aromatic hydroxyl groups is 2. The Balaban J connectivity index is 3.02. The number of para-hydroxylation sites is 1. The van der Waals surface area contributed by atoms with Crippen LogP contribution in [-0.2, 0) is 0 Å². The molecule has 2 N–H and O–H groups in total. The minimum absolute atomic E-state index is 0.156. The molecule has 1 rings (SSSR count). The molecule has 0 radical (unpaired) electrons. The Morgan fingerprint density at radius 1 is 1.38 bits per heavy atom. The number of hydrogen-bond donors (Lipinski definition) is 2. The van der Waals surface area contributed by atoms with Gasteiger partial charge in [0.25, 0.3) is 0 Å². The maximum Gasteiger partial charge on any atom is 0.248 e. The number of nitro groups is 1. The van der Waals surface area contributed by atoms with Crippen LogP contribution in [0.25, 0.3) is 0 Å². The summed E-state index contributed by atoms with van der Waals surface area (Å²) in [7, 11) is 0. The second-order valence-electron chi connectivity index (χ2n) is 2.07. The van der Waals surface area contributed by atoms with Crippen molar-refractivity contribution >= 4 is 5.69 Å². The summed E-state index contributed by atoms with van der Waals surface area (Å²) in [5.74, 6) is -0.937. The maximum atomic E-state index is 9.77. The molecule has 0 saturated carbocycles. The van der Waals surface area contributed by atoms with Gasteiger partial charge >= 0.3 is 0 Å². The van der Waals surface area contributed by atoms with Crippen LogP contribution < -0.4 is 0 Å². The van der Waals surface area contributed by atoms with Crippen molar-refractivity contribution in [2.75, 3.05) is 0 Å². The van der Waals surface area contributed by atoms with E-state index in [1.807, 2.05) is 0 Å². The Bertz CT molecular complexity index is 363. The largest absolute Gasteiger partial charge is 0.504 e. The van der Waals surface area contributed by atoms with E-state index in [0.29, 0.717) is 0 Å². The molecule has 0 aromatic heterocycles. The van der Waals surface area contributed by atoms with E-state index in [2.05, 4.69) is 10.3 Å². The molecule has 0 fully saturated rings. The van der Waals surface area contributed by atoms with Crippen LogP contribution in [0.2, 0.25) is 0 Å². The Labute approximate surface area is 72.1 Å². The van der Waals surface area contributed by atoms with Crippen LogP contribution in [0.3, 0.4) is 0 Å². The number of phenolic OH excluding ortho intramolecular Hbond substituents is 2. The Morgan fingerprint density at radius 2 is 2.08 bits per heavy atom. The highest BCUT2D eigenvalue weighted by atomic mass is 16.7. The van der Waals surface area contributed by atoms with Crippen LogP contribution in [0.15, 0.2) is 28.5 Å². The molecular formula is C6H5N3O4. The summed E-state index contributed by atoms with van der Waals surface area (Å²) in [6.07, 6.45) is 0. The van der Waals surface area contributed by atoms with Gasteiger partial charge in [0, 0.05) is 0 Å². The van der Waals surface area contributed by atoms with E-state index >= 15 is 0 Å². The van der Waals surface area contributed by atoms with E-state index in [0.717, 1.165) is 0 Å². The SMILES string of the molecule is O=[N+]([O-])N=Nc1cccc(O)c1O. The smallest absolute Gasteiger partial charge is 0.248 e. The lowest BCUT2D eigenvalue weighted by Gasteiger charge is -1.93. The van der Waals surface area contributed by atoms with E-state index in [-0.39, 0.29) is 5.69 Å². The van der Waals surface area contributed by atoms with E-state index in [1.165, 1.54) is 18.2 Å². The summed E-state index contributed by atoms with van der Waals surface area (Å²) in [6, 6.07) is 3.88. The first-order chi connectivity index (χ1) is 6.11. The average Bonchev–Trinajstić information content (AvgIpc) is 2.07. The molecule has 0 spiro atoms. The van der Waals surface area contributed by atoms with E-state index < -0.39 is 16.5 Å². The Morgan fingerprint density at radius 3 is 2.69 bits per heavy atom. The summed E-state index contributed by atoms with van der Waals surface area (Å²) in [4.78, 5) is 9.77. The molecule has 7 heteroatoms. The third-order valence-electron chi connectivity index (χ3n) is 1.22. The first-order valence-electron chi connectivity index (χ1n) is 3.18. The van der Waals surface area contributed by atoms with Crippen LogP contribution in [0.4, 0.5) is 5.69 Å². The van der Waals surface area contributed by atoms with Gasteiger partial charge in [0.05, 0.1) is 10.1 Å². The van der Waals surface area contributed by atoms with Gasteiger partial charge in [-0.25, -0.2) is 0 Å². The van der Waals surface area contributed by atoms with Crippen molar-refractivity contribution in [1.29, 1.82) is 0 Å². The van der Waals surface area contributed by atoms with Crippen molar-refractivity contribution in [2.24, 2.45) is 10.3 Å². The summed E-state index contributed by atoms with van der Waals surface area (Å²) in [5.41, 5.74) is -0.156. The van der Waals surface area contributed by atoms with Gasteiger partial charge in [0.15, 0.2) is 11.0 Å². The molecule has 1 aromatic rings. The van der Waals surface area contributed by atoms with Gasteiger partial charge < -0.3 is 20.3 Å². The molecule has 0 saturated heterocycles. The minimum atomic E-state index is -1.01. The fourth-order valence-corrected chi connectivity index (χ4v) is 0.685. The normalized spacial score (nSPS) is 10.5. The van der Waals surface area contributed by atoms with Gasteiger partial charge in [-0.1, -0.05) is 6.07 Å². The molecule has 0 aliphatic rings. The van der Waals surface area contributed by atoms with Crippen LogP contribution in [0, 0.1) is 10.1 Å². The number of nitrogens with zero attached hydrogens (tertiary/aromatic N) is 3. The number of hydrogen-bond acceptors (Lipinski definition) is 5. The van der Waals surface area contributed by atoms with E-state index in [9.17, 15) is 10.1 Å². The average molecular weight is 183 g/mol. The second kappa shape index (κ2) is 3.48. The number of phenols is 2. The number of benzene rings is 1. The summed E-state index contributed by atoms with van der Waals surface area (Å²) >= 11 is 0. The molecule has 13 heavy (non-hydrogen) atoms. The second-order valence-corrected chi connectivity index (χ2v) is 2.07. The third kappa shape index (κ3) is 2.12. The van der Waals surface area contributed by atoms with E-state index in [1.54, 1.807) is 0 Å². The van der Waals surface area contributed by atoms with Crippen molar-refractivity contribution in [3.8, 4) is 11.5 Å². The zero-order chi connectivity index (χ0) is 9.84. The molecule has 0 aliphatic heterocycles. The first-order valence-corrected chi connectivity index (χ1v) is 3.18. The van der Waals surface area contributed by atoms with Crippen molar-refractivity contribution in [1.82, 2.24) is 0 Å². The van der Waals surface area contributed by atoms with Crippen molar-refractivity contribution in [3.63, 3.8) is 0 Å². The molecule has 68 valence electrons. The zero-order valence-corrected chi connectivity index (χ0v) is 6.28. The summed E-state index contributed by atoms with van der Waals surface area (Å²) < 4.78 is 0. The molecule has 7 nitrogen and oxygen atoms in total. The highest BCUT2D eigenvalue weighted by molar-refractivity contribution is 5.57. The standard InChI is InChI=1S/C6H5N3O4/c10-5-3-1-2-4(6(5)11)7-8-9(12)13/h1-3,10-11H. The first kappa shape index (κ1) is 8.91. The minimum Gasteiger partial charge on any atom is -0.504 e. The molecule has 0 aliphatic carbocycles. The van der Waals surface area contributed by atoms with Crippen LogP contribution in [0.1, 0.15) is 0 Å². The quantitative estimate of drug-likeness (QED) is 0.312. The third-order valence-corrected chi connectivity index (χ3v) is 1.22. The van der Waals surface area contributed by atoms with Crippen LogP contribution in [0.5, 0.6) is 11.5 Å². The molecule has 0 unspecified atom stereocenters.